The summed E-state index contributed by atoms with van der Waals surface area (Å²) in [5.74, 6) is 0.352. The summed E-state index contributed by atoms with van der Waals surface area (Å²) in [7, 11) is -1.46. The van der Waals surface area contributed by atoms with E-state index in [9.17, 15) is 14.4 Å². The Kier molecular flexibility index (Phi) is 4.41. The predicted octanol–water partition coefficient (Wildman–Crippen LogP) is 1.80. The Morgan fingerprint density at radius 1 is 1.00 bits per heavy atom. The second-order valence-electron chi connectivity index (χ2n) is 3.82. The Hall–Kier alpha value is -1.30. The van der Waals surface area contributed by atoms with Crippen LogP contribution in [-0.2, 0) is 5.75 Å². The number of halogens is 1. The van der Waals surface area contributed by atoms with Gasteiger partial charge in [-0.2, -0.15) is 0 Å². The van der Waals surface area contributed by atoms with Gasteiger partial charge in [-0.25, -0.2) is 4.39 Å². The second kappa shape index (κ2) is 6.04. The smallest absolute Gasteiger partial charge is 0.423 e. The minimum absolute atomic E-state index is 0.259. The lowest BCUT2D eigenvalue weighted by atomic mass is 9.77. The molecule has 0 aromatic heterocycles. The van der Waals surface area contributed by atoms with Crippen LogP contribution in [0.4, 0.5) is 4.39 Å². The van der Waals surface area contributed by atoms with Crippen LogP contribution in [0.15, 0.2) is 53.4 Å². The van der Waals surface area contributed by atoms with Gasteiger partial charge < -0.3 is 10.0 Å². The van der Waals surface area contributed by atoms with Crippen molar-refractivity contribution in [1.82, 2.24) is 0 Å². The third kappa shape index (κ3) is 3.35. The Morgan fingerprint density at radius 3 is 2.33 bits per heavy atom. The van der Waals surface area contributed by atoms with Crippen molar-refractivity contribution in [3.63, 3.8) is 0 Å². The maximum atomic E-state index is 12.7. The van der Waals surface area contributed by atoms with E-state index in [0.29, 0.717) is 11.2 Å². The van der Waals surface area contributed by atoms with E-state index in [-0.39, 0.29) is 5.82 Å². The van der Waals surface area contributed by atoms with Crippen LogP contribution in [0.1, 0.15) is 5.56 Å². The molecule has 2 rings (SSSR count). The molecule has 0 amide bonds. The number of rotatable bonds is 4. The molecule has 0 fully saturated rings. The van der Waals surface area contributed by atoms with Crippen LogP contribution in [0.3, 0.4) is 0 Å². The summed E-state index contributed by atoms with van der Waals surface area (Å²) < 4.78 is 12.7. The monoisotopic (exact) mass is 262 g/mol. The van der Waals surface area contributed by atoms with Crippen molar-refractivity contribution in [3.05, 3.63) is 59.9 Å². The number of hydrogen-bond donors (Lipinski definition) is 2. The van der Waals surface area contributed by atoms with Gasteiger partial charge >= 0.3 is 7.12 Å². The molecule has 0 aliphatic heterocycles. The highest BCUT2D eigenvalue weighted by Crippen LogP contribution is 2.22. The first kappa shape index (κ1) is 13.1. The molecule has 0 atom stereocenters. The van der Waals surface area contributed by atoms with Crippen molar-refractivity contribution in [3.8, 4) is 0 Å². The van der Waals surface area contributed by atoms with E-state index >= 15 is 0 Å². The molecule has 5 heteroatoms. The summed E-state index contributed by atoms with van der Waals surface area (Å²) in [6.45, 7) is 0. The normalized spacial score (nSPS) is 10.4. The minimum Gasteiger partial charge on any atom is -0.423 e. The molecule has 2 aromatic rings. The molecule has 0 radical (unpaired) electrons. The topological polar surface area (TPSA) is 40.5 Å². The molecule has 18 heavy (non-hydrogen) atoms. The van der Waals surface area contributed by atoms with Gasteiger partial charge in [0.25, 0.3) is 0 Å². The summed E-state index contributed by atoms with van der Waals surface area (Å²) in [4.78, 5) is 0.943. The van der Waals surface area contributed by atoms with E-state index in [1.54, 1.807) is 24.3 Å². The number of benzene rings is 2. The van der Waals surface area contributed by atoms with Gasteiger partial charge in [0.15, 0.2) is 0 Å². The van der Waals surface area contributed by atoms with Gasteiger partial charge in [-0.05, 0) is 35.3 Å². The van der Waals surface area contributed by atoms with E-state index in [2.05, 4.69) is 0 Å². The Balaban J connectivity index is 2.08. The largest absolute Gasteiger partial charge is 0.488 e. The maximum absolute atomic E-state index is 12.7. The van der Waals surface area contributed by atoms with Crippen molar-refractivity contribution in [1.29, 1.82) is 0 Å². The zero-order valence-electron chi connectivity index (χ0n) is 9.58. The van der Waals surface area contributed by atoms with Gasteiger partial charge in [0.05, 0.1) is 0 Å². The first-order valence-electron chi connectivity index (χ1n) is 5.49. The fourth-order valence-corrected chi connectivity index (χ4v) is 2.52. The van der Waals surface area contributed by atoms with Crippen molar-refractivity contribution in [2.45, 2.75) is 10.6 Å². The van der Waals surface area contributed by atoms with E-state index in [4.69, 9.17) is 0 Å². The summed E-state index contributed by atoms with van der Waals surface area (Å²) in [5.41, 5.74) is 1.37. The van der Waals surface area contributed by atoms with Crippen LogP contribution in [-0.4, -0.2) is 17.2 Å². The average Bonchev–Trinajstić information content (AvgIpc) is 2.38. The van der Waals surface area contributed by atoms with Crippen LogP contribution >= 0.6 is 11.8 Å². The molecule has 0 saturated heterocycles. The highest BCUT2D eigenvalue weighted by Gasteiger charge is 2.14. The van der Waals surface area contributed by atoms with Crippen LogP contribution < -0.4 is 5.46 Å². The van der Waals surface area contributed by atoms with Crippen molar-refractivity contribution < 1.29 is 14.4 Å². The molecular weight excluding hydrogens is 250 g/mol. The lowest BCUT2D eigenvalue weighted by Gasteiger charge is -2.08. The van der Waals surface area contributed by atoms with Gasteiger partial charge in [-0.1, -0.05) is 24.3 Å². The second-order valence-corrected chi connectivity index (χ2v) is 4.86. The fraction of sp³-hybridized carbons (Fsp3) is 0.0769. The first-order valence-corrected chi connectivity index (χ1v) is 6.47. The van der Waals surface area contributed by atoms with Crippen LogP contribution in [0.2, 0.25) is 0 Å². The molecule has 0 unspecified atom stereocenters. The zero-order chi connectivity index (χ0) is 13.0. The molecule has 0 heterocycles. The highest BCUT2D eigenvalue weighted by atomic mass is 32.2. The lowest BCUT2D eigenvalue weighted by Crippen LogP contribution is -2.32. The van der Waals surface area contributed by atoms with E-state index in [1.807, 2.05) is 12.1 Å². The number of thioether (sulfide) groups is 1. The first-order chi connectivity index (χ1) is 8.66. The van der Waals surface area contributed by atoms with Crippen molar-refractivity contribution in [2.75, 3.05) is 0 Å². The quantitative estimate of drug-likeness (QED) is 0.652. The molecule has 0 aliphatic carbocycles. The summed E-state index contributed by atoms with van der Waals surface area (Å²) >= 11 is 1.52. The molecule has 0 spiro atoms. The Labute approximate surface area is 110 Å². The van der Waals surface area contributed by atoms with E-state index < -0.39 is 7.12 Å². The molecule has 0 aliphatic rings. The highest BCUT2D eigenvalue weighted by molar-refractivity contribution is 7.98. The molecule has 2 N–H and O–H groups in total. The van der Waals surface area contributed by atoms with Gasteiger partial charge in [-0.15, -0.1) is 11.8 Å². The van der Waals surface area contributed by atoms with Crippen molar-refractivity contribution in [2.24, 2.45) is 0 Å². The van der Waals surface area contributed by atoms with Gasteiger partial charge in [-0.3, -0.25) is 0 Å². The molecule has 92 valence electrons. The SMILES string of the molecule is OB(O)c1ccccc1CSc1ccc(F)cc1. The third-order valence-corrected chi connectivity index (χ3v) is 3.60. The summed E-state index contributed by atoms with van der Waals surface area (Å²) in [5, 5.41) is 18.5. The molecular formula is C13H12BFO2S. The minimum atomic E-state index is -1.46. The van der Waals surface area contributed by atoms with E-state index in [1.165, 1.54) is 23.9 Å². The maximum Gasteiger partial charge on any atom is 0.488 e. The van der Waals surface area contributed by atoms with Gasteiger partial charge in [0.1, 0.15) is 5.82 Å². The standard InChI is InChI=1S/C13H12BFO2S/c15-11-5-7-12(8-6-11)18-9-10-3-1-2-4-13(10)14(16)17/h1-8,16-17H,9H2. The predicted molar refractivity (Wildman–Crippen MR) is 72.2 cm³/mol. The Bertz CT molecular complexity index is 517. The van der Waals surface area contributed by atoms with Gasteiger partial charge in [0, 0.05) is 10.6 Å². The number of hydrogen-bond acceptors (Lipinski definition) is 3. The fourth-order valence-electron chi connectivity index (χ4n) is 1.61. The van der Waals surface area contributed by atoms with Crippen LogP contribution in [0.25, 0.3) is 0 Å². The Morgan fingerprint density at radius 2 is 1.67 bits per heavy atom. The van der Waals surface area contributed by atoms with E-state index in [0.717, 1.165) is 10.5 Å². The molecule has 0 saturated carbocycles. The van der Waals surface area contributed by atoms with Crippen molar-refractivity contribution >= 4 is 24.3 Å². The average molecular weight is 262 g/mol. The summed E-state index contributed by atoms with van der Waals surface area (Å²) in [6.07, 6.45) is 0. The zero-order valence-corrected chi connectivity index (χ0v) is 10.4. The molecule has 2 nitrogen and oxygen atoms in total. The van der Waals surface area contributed by atoms with Gasteiger partial charge in [0.2, 0.25) is 0 Å². The van der Waals surface area contributed by atoms with Crippen LogP contribution in [0.5, 0.6) is 0 Å². The van der Waals surface area contributed by atoms with Crippen LogP contribution in [0, 0.1) is 5.82 Å². The molecule has 2 aromatic carbocycles. The lowest BCUT2D eigenvalue weighted by molar-refractivity contribution is 0.425. The molecule has 0 bridgehead atoms. The third-order valence-electron chi connectivity index (χ3n) is 2.54. The summed E-state index contributed by atoms with van der Waals surface area (Å²) in [6, 6.07) is 13.4.